The standard InChI is InChI=1S/C18H18F3NO2/c1-10(2)7-13-9-14(12-6-4-5-11(3)8-12)22-16(18(19,20)21)15(13)17(23)24/h4-6,8-10H,7H2,1-3H3,(H,23,24)/p-1. The first-order chi connectivity index (χ1) is 11.1. The predicted octanol–water partition coefficient (Wildman–Crippen LogP) is 3.64. The van der Waals surface area contributed by atoms with Crippen LogP contribution in [0.5, 0.6) is 0 Å². The lowest BCUT2D eigenvalue weighted by Crippen LogP contribution is -2.29. The van der Waals surface area contributed by atoms with Crippen molar-refractivity contribution < 1.29 is 23.1 Å². The van der Waals surface area contributed by atoms with E-state index in [1.807, 2.05) is 13.0 Å². The van der Waals surface area contributed by atoms with Gasteiger partial charge in [-0.25, -0.2) is 4.98 Å². The van der Waals surface area contributed by atoms with Gasteiger partial charge < -0.3 is 9.90 Å². The molecule has 0 aliphatic rings. The van der Waals surface area contributed by atoms with E-state index in [1.165, 1.54) is 6.07 Å². The molecule has 3 nitrogen and oxygen atoms in total. The highest BCUT2D eigenvalue weighted by molar-refractivity contribution is 5.90. The number of aromatic carboxylic acids is 1. The molecule has 128 valence electrons. The molecular formula is C18H17F3NO2-. The van der Waals surface area contributed by atoms with Crippen molar-refractivity contribution in [2.24, 2.45) is 5.92 Å². The summed E-state index contributed by atoms with van der Waals surface area (Å²) in [6.07, 6.45) is -4.69. The number of carboxylic acids is 1. The first-order valence-corrected chi connectivity index (χ1v) is 7.49. The van der Waals surface area contributed by atoms with E-state index in [1.54, 1.807) is 32.0 Å². The van der Waals surface area contributed by atoms with Crippen LogP contribution >= 0.6 is 0 Å². The van der Waals surface area contributed by atoms with Gasteiger partial charge in [0.05, 0.1) is 11.7 Å². The first kappa shape index (κ1) is 18.0. The van der Waals surface area contributed by atoms with Gasteiger partial charge in [0.1, 0.15) is 0 Å². The molecule has 6 heteroatoms. The molecular weight excluding hydrogens is 319 g/mol. The van der Waals surface area contributed by atoms with Crippen LogP contribution in [0.1, 0.15) is 41.0 Å². The Labute approximate surface area is 138 Å². The van der Waals surface area contributed by atoms with E-state index in [9.17, 15) is 23.1 Å². The van der Waals surface area contributed by atoms with E-state index in [0.717, 1.165) is 5.56 Å². The van der Waals surface area contributed by atoms with Crippen molar-refractivity contribution in [2.45, 2.75) is 33.4 Å². The molecule has 0 amide bonds. The number of aryl methyl sites for hydroxylation is 1. The summed E-state index contributed by atoms with van der Waals surface area (Å²) in [6.45, 7) is 5.43. The van der Waals surface area contributed by atoms with Gasteiger partial charge in [0.15, 0.2) is 5.69 Å². The number of carbonyl (C=O) groups excluding carboxylic acids is 1. The minimum Gasteiger partial charge on any atom is -0.545 e. The SMILES string of the molecule is Cc1cccc(-c2cc(CC(C)C)c(C(=O)[O-])c(C(F)(F)F)n2)c1. The molecule has 0 bridgehead atoms. The summed E-state index contributed by atoms with van der Waals surface area (Å²) in [5.41, 5.74) is -0.701. The van der Waals surface area contributed by atoms with Crippen molar-refractivity contribution in [2.75, 3.05) is 0 Å². The quantitative estimate of drug-likeness (QED) is 0.856. The molecule has 0 unspecified atom stereocenters. The lowest BCUT2D eigenvalue weighted by Gasteiger charge is -2.20. The number of nitrogens with zero attached hydrogens (tertiary/aromatic N) is 1. The van der Waals surface area contributed by atoms with Crippen molar-refractivity contribution in [3.05, 3.63) is 52.7 Å². The highest BCUT2D eigenvalue weighted by Gasteiger charge is 2.37. The van der Waals surface area contributed by atoms with E-state index in [2.05, 4.69) is 4.98 Å². The maximum absolute atomic E-state index is 13.3. The lowest BCUT2D eigenvalue weighted by molar-refractivity contribution is -0.256. The lowest BCUT2D eigenvalue weighted by atomic mass is 9.94. The zero-order chi connectivity index (χ0) is 18.1. The highest BCUT2D eigenvalue weighted by Crippen LogP contribution is 2.35. The molecule has 0 atom stereocenters. The summed E-state index contributed by atoms with van der Waals surface area (Å²) in [5.74, 6) is -1.88. The third-order valence-corrected chi connectivity index (χ3v) is 3.52. The largest absolute Gasteiger partial charge is 0.545 e. The van der Waals surface area contributed by atoms with Crippen LogP contribution in [-0.2, 0) is 12.6 Å². The van der Waals surface area contributed by atoms with Crippen LogP contribution in [0.25, 0.3) is 11.3 Å². The number of benzene rings is 1. The molecule has 2 aromatic rings. The third-order valence-electron chi connectivity index (χ3n) is 3.52. The molecule has 24 heavy (non-hydrogen) atoms. The second kappa shape index (κ2) is 6.63. The van der Waals surface area contributed by atoms with Crippen LogP contribution < -0.4 is 5.11 Å². The van der Waals surface area contributed by atoms with E-state index in [0.29, 0.717) is 5.56 Å². The normalized spacial score (nSPS) is 11.8. The molecule has 0 saturated heterocycles. The van der Waals surface area contributed by atoms with E-state index < -0.39 is 23.4 Å². The number of carboxylic acid groups (broad SMARTS) is 1. The molecule has 1 heterocycles. The number of rotatable bonds is 4. The average molecular weight is 336 g/mol. The van der Waals surface area contributed by atoms with Gasteiger partial charge in [-0.3, -0.25) is 0 Å². The molecule has 0 N–H and O–H groups in total. The summed E-state index contributed by atoms with van der Waals surface area (Å²) in [4.78, 5) is 14.9. The summed E-state index contributed by atoms with van der Waals surface area (Å²) in [7, 11) is 0. The van der Waals surface area contributed by atoms with E-state index in [-0.39, 0.29) is 23.6 Å². The Bertz CT molecular complexity index is 767. The number of alkyl halides is 3. The number of pyridine rings is 1. The van der Waals surface area contributed by atoms with Crippen LogP contribution in [0.4, 0.5) is 13.2 Å². The Morgan fingerprint density at radius 1 is 1.25 bits per heavy atom. The Kier molecular flexibility index (Phi) is 4.96. The van der Waals surface area contributed by atoms with Gasteiger partial charge in [0.2, 0.25) is 0 Å². The molecule has 2 rings (SSSR count). The Hall–Kier alpha value is -2.37. The fourth-order valence-corrected chi connectivity index (χ4v) is 2.58. The van der Waals surface area contributed by atoms with Gasteiger partial charge in [0.25, 0.3) is 0 Å². The van der Waals surface area contributed by atoms with Gasteiger partial charge in [-0.15, -0.1) is 0 Å². The second-order valence-corrected chi connectivity index (χ2v) is 6.14. The van der Waals surface area contributed by atoms with E-state index in [4.69, 9.17) is 0 Å². The summed E-state index contributed by atoms with van der Waals surface area (Å²) in [5, 5.41) is 11.3. The Morgan fingerprint density at radius 3 is 2.42 bits per heavy atom. The maximum atomic E-state index is 13.3. The van der Waals surface area contributed by atoms with Crippen molar-refractivity contribution in [3.63, 3.8) is 0 Å². The molecule has 0 aliphatic heterocycles. The summed E-state index contributed by atoms with van der Waals surface area (Å²) < 4.78 is 40.0. The van der Waals surface area contributed by atoms with Gasteiger partial charge >= 0.3 is 6.18 Å². The zero-order valence-corrected chi connectivity index (χ0v) is 13.6. The number of aromatic nitrogens is 1. The van der Waals surface area contributed by atoms with Crippen molar-refractivity contribution in [3.8, 4) is 11.3 Å². The molecule has 0 spiro atoms. The van der Waals surface area contributed by atoms with Crippen LogP contribution in [-0.4, -0.2) is 11.0 Å². The van der Waals surface area contributed by atoms with Crippen LogP contribution in [0.15, 0.2) is 30.3 Å². The zero-order valence-electron chi connectivity index (χ0n) is 13.6. The number of hydrogen-bond donors (Lipinski definition) is 0. The fraction of sp³-hybridized carbons (Fsp3) is 0.333. The number of halogens is 3. The van der Waals surface area contributed by atoms with Crippen LogP contribution in [0, 0.1) is 12.8 Å². The number of hydrogen-bond acceptors (Lipinski definition) is 3. The summed E-state index contributed by atoms with van der Waals surface area (Å²) in [6, 6.07) is 8.30. The smallest absolute Gasteiger partial charge is 0.434 e. The molecule has 0 radical (unpaired) electrons. The maximum Gasteiger partial charge on any atom is 0.434 e. The fourth-order valence-electron chi connectivity index (χ4n) is 2.58. The van der Waals surface area contributed by atoms with Crippen LogP contribution in [0.2, 0.25) is 0 Å². The monoisotopic (exact) mass is 336 g/mol. The van der Waals surface area contributed by atoms with Gasteiger partial charge in [-0.05, 0) is 37.0 Å². The third kappa shape index (κ3) is 3.93. The van der Waals surface area contributed by atoms with Crippen LogP contribution in [0.3, 0.4) is 0 Å². The topological polar surface area (TPSA) is 53.0 Å². The molecule has 0 aliphatic carbocycles. The molecule has 0 fully saturated rings. The van der Waals surface area contributed by atoms with Crippen molar-refractivity contribution in [1.29, 1.82) is 0 Å². The predicted molar refractivity (Wildman–Crippen MR) is 82.3 cm³/mol. The Balaban J connectivity index is 2.77. The first-order valence-electron chi connectivity index (χ1n) is 7.49. The van der Waals surface area contributed by atoms with E-state index >= 15 is 0 Å². The molecule has 1 aromatic heterocycles. The average Bonchev–Trinajstić information content (AvgIpc) is 2.44. The van der Waals surface area contributed by atoms with Crippen molar-refractivity contribution in [1.82, 2.24) is 4.98 Å². The second-order valence-electron chi connectivity index (χ2n) is 6.14. The molecule has 0 saturated carbocycles. The molecule has 1 aromatic carbocycles. The minimum atomic E-state index is -4.87. The highest BCUT2D eigenvalue weighted by atomic mass is 19.4. The Morgan fingerprint density at radius 2 is 1.92 bits per heavy atom. The van der Waals surface area contributed by atoms with Gasteiger partial charge in [-0.2, -0.15) is 13.2 Å². The van der Waals surface area contributed by atoms with Gasteiger partial charge in [-0.1, -0.05) is 37.6 Å². The number of carbonyl (C=O) groups is 1. The summed E-state index contributed by atoms with van der Waals surface area (Å²) >= 11 is 0. The van der Waals surface area contributed by atoms with Crippen molar-refractivity contribution >= 4 is 5.97 Å². The van der Waals surface area contributed by atoms with Gasteiger partial charge in [0, 0.05) is 11.1 Å². The minimum absolute atomic E-state index is 0.0167.